The van der Waals surface area contributed by atoms with Crippen LogP contribution in [0.5, 0.6) is 0 Å². The summed E-state index contributed by atoms with van der Waals surface area (Å²) in [4.78, 5) is 18.1. The van der Waals surface area contributed by atoms with Gasteiger partial charge in [-0.2, -0.15) is 0 Å². The number of nitrogens with one attached hydrogen (secondary N) is 1. The van der Waals surface area contributed by atoms with Crippen LogP contribution in [0.2, 0.25) is 5.02 Å². The predicted octanol–water partition coefficient (Wildman–Crippen LogP) is 3.82. The summed E-state index contributed by atoms with van der Waals surface area (Å²) in [6.45, 7) is 5.06. The first-order chi connectivity index (χ1) is 12.6. The van der Waals surface area contributed by atoms with E-state index in [1.807, 2.05) is 48.7 Å². The Bertz CT molecular complexity index is 747. The van der Waals surface area contributed by atoms with Crippen LogP contribution in [0.4, 0.5) is 5.69 Å². The number of rotatable bonds is 6. The third-order valence-electron chi connectivity index (χ3n) is 4.51. The van der Waals surface area contributed by atoms with Crippen molar-refractivity contribution in [3.63, 3.8) is 0 Å². The molecule has 0 aromatic heterocycles. The Morgan fingerprint density at radius 1 is 1.08 bits per heavy atom. The van der Waals surface area contributed by atoms with Crippen molar-refractivity contribution in [3.05, 3.63) is 59.1 Å². The zero-order valence-electron chi connectivity index (χ0n) is 15.0. The van der Waals surface area contributed by atoms with Crippen molar-refractivity contribution < 1.29 is 4.79 Å². The summed E-state index contributed by atoms with van der Waals surface area (Å²) in [6.07, 6.45) is 2.02. The third kappa shape index (κ3) is 5.48. The number of thioether (sulfide) groups is 1. The first-order valence-corrected chi connectivity index (χ1v) is 10.4. The number of benzene rings is 2. The number of halogens is 1. The lowest BCUT2D eigenvalue weighted by Gasteiger charge is -2.34. The van der Waals surface area contributed by atoms with Crippen LogP contribution < -0.4 is 5.32 Å². The Labute approximate surface area is 164 Å². The van der Waals surface area contributed by atoms with Gasteiger partial charge in [0.05, 0.1) is 12.2 Å². The van der Waals surface area contributed by atoms with E-state index in [0.717, 1.165) is 48.3 Å². The summed E-state index contributed by atoms with van der Waals surface area (Å²) < 4.78 is 0. The minimum Gasteiger partial charge on any atom is -0.324 e. The molecule has 26 heavy (non-hydrogen) atoms. The molecule has 3 rings (SSSR count). The second-order valence-electron chi connectivity index (χ2n) is 6.43. The monoisotopic (exact) mass is 389 g/mol. The maximum absolute atomic E-state index is 12.4. The molecule has 0 radical (unpaired) electrons. The highest BCUT2D eigenvalue weighted by atomic mass is 35.5. The van der Waals surface area contributed by atoms with Gasteiger partial charge in [-0.3, -0.25) is 14.6 Å². The largest absolute Gasteiger partial charge is 0.324 e. The molecule has 0 bridgehead atoms. The molecule has 4 nitrogen and oxygen atoms in total. The van der Waals surface area contributed by atoms with Crippen LogP contribution in [0.3, 0.4) is 0 Å². The highest BCUT2D eigenvalue weighted by molar-refractivity contribution is 7.98. The fraction of sp³-hybridized carbons (Fsp3) is 0.350. The van der Waals surface area contributed by atoms with Crippen LogP contribution >= 0.6 is 23.4 Å². The van der Waals surface area contributed by atoms with Crippen LogP contribution in [-0.4, -0.2) is 54.7 Å². The number of carbonyl (C=O) groups is 1. The molecule has 1 heterocycles. The fourth-order valence-electron chi connectivity index (χ4n) is 3.14. The quantitative estimate of drug-likeness (QED) is 0.762. The SMILES string of the molecule is CSc1ccccc1NC(=O)CN1CCN(Cc2cccc(Cl)c2)CC1. The van der Waals surface area contributed by atoms with Crippen LogP contribution in [0, 0.1) is 0 Å². The Balaban J connectivity index is 1.45. The van der Waals surface area contributed by atoms with Crippen molar-refractivity contribution in [3.8, 4) is 0 Å². The zero-order chi connectivity index (χ0) is 18.4. The second kappa shape index (κ2) is 9.42. The van der Waals surface area contributed by atoms with Gasteiger partial charge in [0, 0.05) is 42.6 Å². The highest BCUT2D eigenvalue weighted by Gasteiger charge is 2.19. The second-order valence-corrected chi connectivity index (χ2v) is 7.72. The van der Waals surface area contributed by atoms with Crippen molar-refractivity contribution in [2.45, 2.75) is 11.4 Å². The summed E-state index contributed by atoms with van der Waals surface area (Å²) in [5, 5.41) is 3.82. The van der Waals surface area contributed by atoms with E-state index in [2.05, 4.69) is 21.2 Å². The first kappa shape index (κ1) is 19.2. The molecule has 1 aliphatic rings. The van der Waals surface area contributed by atoms with Crippen molar-refractivity contribution in [2.75, 3.05) is 44.3 Å². The Kier molecular flexibility index (Phi) is 6.97. The first-order valence-electron chi connectivity index (χ1n) is 8.76. The molecule has 0 aliphatic carbocycles. The number of piperazine rings is 1. The predicted molar refractivity (Wildman–Crippen MR) is 110 cm³/mol. The number of carbonyl (C=O) groups excluding carboxylic acids is 1. The minimum atomic E-state index is 0.0507. The molecule has 2 aromatic rings. The minimum absolute atomic E-state index is 0.0507. The number of hydrogen-bond donors (Lipinski definition) is 1. The molecule has 6 heteroatoms. The molecule has 0 spiro atoms. The summed E-state index contributed by atoms with van der Waals surface area (Å²) in [5.41, 5.74) is 2.13. The van der Waals surface area contributed by atoms with Crippen LogP contribution in [0.15, 0.2) is 53.4 Å². The molecule has 1 saturated heterocycles. The van der Waals surface area contributed by atoms with Crippen molar-refractivity contribution >= 4 is 35.0 Å². The number of anilines is 1. The molecular formula is C20H24ClN3OS. The van der Waals surface area contributed by atoms with Gasteiger partial charge in [0.25, 0.3) is 0 Å². The molecule has 0 unspecified atom stereocenters. The van der Waals surface area contributed by atoms with Gasteiger partial charge < -0.3 is 5.32 Å². The van der Waals surface area contributed by atoms with Gasteiger partial charge >= 0.3 is 0 Å². The van der Waals surface area contributed by atoms with Crippen LogP contribution in [0.1, 0.15) is 5.56 Å². The molecule has 2 aromatic carbocycles. The van der Waals surface area contributed by atoms with Crippen molar-refractivity contribution in [1.82, 2.24) is 9.80 Å². The van der Waals surface area contributed by atoms with E-state index in [1.54, 1.807) is 11.8 Å². The number of nitrogens with zero attached hydrogens (tertiary/aromatic N) is 2. The number of hydrogen-bond acceptors (Lipinski definition) is 4. The average molecular weight is 390 g/mol. The number of amides is 1. The van der Waals surface area contributed by atoms with E-state index in [4.69, 9.17) is 11.6 Å². The maximum atomic E-state index is 12.4. The van der Waals surface area contributed by atoms with Crippen LogP contribution in [-0.2, 0) is 11.3 Å². The molecule has 0 saturated carbocycles. The van der Waals surface area contributed by atoms with E-state index in [0.29, 0.717) is 6.54 Å². The molecule has 1 aliphatic heterocycles. The standard InChI is InChI=1S/C20H24ClN3OS/c1-26-19-8-3-2-7-18(19)22-20(25)15-24-11-9-23(10-12-24)14-16-5-4-6-17(21)13-16/h2-8,13H,9-12,14-15H2,1H3,(H,22,25). The van der Waals surface area contributed by atoms with Gasteiger partial charge in [-0.25, -0.2) is 0 Å². The zero-order valence-corrected chi connectivity index (χ0v) is 16.5. The van der Waals surface area contributed by atoms with Gasteiger partial charge in [0.2, 0.25) is 5.91 Å². The fourth-order valence-corrected chi connectivity index (χ4v) is 3.91. The lowest BCUT2D eigenvalue weighted by atomic mass is 10.2. The van der Waals surface area contributed by atoms with E-state index in [1.165, 1.54) is 5.56 Å². The Morgan fingerprint density at radius 2 is 1.81 bits per heavy atom. The molecule has 1 amide bonds. The average Bonchev–Trinajstić information content (AvgIpc) is 2.64. The molecule has 1 N–H and O–H groups in total. The lowest BCUT2D eigenvalue weighted by Crippen LogP contribution is -2.48. The lowest BCUT2D eigenvalue weighted by molar-refractivity contribution is -0.117. The smallest absolute Gasteiger partial charge is 0.238 e. The summed E-state index contributed by atoms with van der Waals surface area (Å²) in [6, 6.07) is 15.9. The number of para-hydroxylation sites is 1. The van der Waals surface area contributed by atoms with Gasteiger partial charge in [0.1, 0.15) is 0 Å². The molecule has 1 fully saturated rings. The normalized spacial score (nSPS) is 15.8. The Hall–Kier alpha value is -1.53. The summed E-state index contributed by atoms with van der Waals surface area (Å²) in [5.74, 6) is 0.0507. The van der Waals surface area contributed by atoms with Gasteiger partial charge in [-0.05, 0) is 36.1 Å². The van der Waals surface area contributed by atoms with E-state index < -0.39 is 0 Å². The van der Waals surface area contributed by atoms with Gasteiger partial charge in [-0.1, -0.05) is 35.9 Å². The van der Waals surface area contributed by atoms with E-state index in [9.17, 15) is 4.79 Å². The molecule has 0 atom stereocenters. The molecule has 138 valence electrons. The topological polar surface area (TPSA) is 35.6 Å². The van der Waals surface area contributed by atoms with E-state index in [-0.39, 0.29) is 5.91 Å². The molecular weight excluding hydrogens is 366 g/mol. The maximum Gasteiger partial charge on any atom is 0.238 e. The van der Waals surface area contributed by atoms with Gasteiger partial charge in [-0.15, -0.1) is 11.8 Å². The van der Waals surface area contributed by atoms with Crippen LogP contribution in [0.25, 0.3) is 0 Å². The van der Waals surface area contributed by atoms with Gasteiger partial charge in [0.15, 0.2) is 0 Å². The van der Waals surface area contributed by atoms with Crippen molar-refractivity contribution in [1.29, 1.82) is 0 Å². The van der Waals surface area contributed by atoms with Crippen molar-refractivity contribution in [2.24, 2.45) is 0 Å². The van der Waals surface area contributed by atoms with E-state index >= 15 is 0 Å². The third-order valence-corrected chi connectivity index (χ3v) is 5.54. The summed E-state index contributed by atoms with van der Waals surface area (Å²) >= 11 is 7.70. The summed E-state index contributed by atoms with van der Waals surface area (Å²) in [7, 11) is 0. The Morgan fingerprint density at radius 3 is 2.54 bits per heavy atom. The highest BCUT2D eigenvalue weighted by Crippen LogP contribution is 2.24.